The van der Waals surface area contributed by atoms with Crippen molar-refractivity contribution in [3.63, 3.8) is 0 Å². The summed E-state index contributed by atoms with van der Waals surface area (Å²) in [5.74, 6) is 2.69. The van der Waals surface area contributed by atoms with Crippen molar-refractivity contribution in [3.05, 3.63) is 30.1 Å². The highest BCUT2D eigenvalue weighted by Crippen LogP contribution is 2.30. The van der Waals surface area contributed by atoms with Gasteiger partial charge in [0.2, 0.25) is 0 Å². The lowest BCUT2D eigenvalue weighted by molar-refractivity contribution is 0.215. The number of H-pyrrole nitrogens is 1. The minimum absolute atomic E-state index is 0.281. The molecule has 1 fully saturated rings. The van der Waals surface area contributed by atoms with E-state index < -0.39 is 0 Å². The third-order valence-electron chi connectivity index (χ3n) is 4.71. The Balaban J connectivity index is 1.71. The molecule has 3 rings (SSSR count). The highest BCUT2D eigenvalue weighted by molar-refractivity contribution is 5.74. The molecule has 2 N–H and O–H groups in total. The van der Waals surface area contributed by atoms with Crippen molar-refractivity contribution in [3.8, 4) is 0 Å². The third kappa shape index (κ3) is 2.73. The van der Waals surface area contributed by atoms with Gasteiger partial charge >= 0.3 is 0 Å². The van der Waals surface area contributed by atoms with Crippen molar-refractivity contribution in [2.24, 2.45) is 11.8 Å². The summed E-state index contributed by atoms with van der Waals surface area (Å²) in [5.41, 5.74) is 2.18. The van der Waals surface area contributed by atoms with E-state index in [4.69, 9.17) is 4.98 Å². The summed E-state index contributed by atoms with van der Waals surface area (Å²) in [4.78, 5) is 8.13. The summed E-state index contributed by atoms with van der Waals surface area (Å²) in [5, 5.41) is 3.77. The molecule has 1 aromatic carbocycles. The largest absolute Gasteiger partial charge is 0.341 e. The van der Waals surface area contributed by atoms with Gasteiger partial charge in [0.25, 0.3) is 0 Å². The predicted octanol–water partition coefficient (Wildman–Crippen LogP) is 4.04. The Labute approximate surface area is 121 Å². The summed E-state index contributed by atoms with van der Waals surface area (Å²) < 4.78 is 0. The molecular formula is C17H25N3. The number of nitrogens with zero attached hydrogens (tertiary/aromatic N) is 1. The van der Waals surface area contributed by atoms with Crippen LogP contribution in [-0.2, 0) is 0 Å². The minimum Gasteiger partial charge on any atom is -0.341 e. The average Bonchev–Trinajstić information content (AvgIpc) is 2.86. The van der Waals surface area contributed by atoms with E-state index in [9.17, 15) is 0 Å². The molecule has 108 valence electrons. The number of imidazole rings is 1. The molecular weight excluding hydrogens is 246 g/mol. The summed E-state index contributed by atoms with van der Waals surface area (Å²) in [6, 6.07) is 9.14. The van der Waals surface area contributed by atoms with Gasteiger partial charge in [-0.2, -0.15) is 0 Å². The van der Waals surface area contributed by atoms with Crippen molar-refractivity contribution in [1.29, 1.82) is 0 Å². The van der Waals surface area contributed by atoms with Crippen LogP contribution in [0.1, 0.15) is 51.9 Å². The second-order valence-electron chi connectivity index (χ2n) is 6.53. The van der Waals surface area contributed by atoms with Gasteiger partial charge in [-0.3, -0.25) is 0 Å². The van der Waals surface area contributed by atoms with Crippen molar-refractivity contribution >= 4 is 11.0 Å². The molecule has 1 saturated carbocycles. The van der Waals surface area contributed by atoms with Crippen molar-refractivity contribution in [2.75, 3.05) is 0 Å². The first-order valence-corrected chi connectivity index (χ1v) is 7.84. The van der Waals surface area contributed by atoms with Crippen LogP contribution in [0.3, 0.4) is 0 Å². The molecule has 0 radical (unpaired) electrons. The number of fused-ring (bicyclic) bond motifs is 1. The van der Waals surface area contributed by atoms with Crippen LogP contribution >= 0.6 is 0 Å². The maximum atomic E-state index is 4.70. The maximum absolute atomic E-state index is 4.70. The van der Waals surface area contributed by atoms with E-state index in [1.165, 1.54) is 19.3 Å². The second-order valence-corrected chi connectivity index (χ2v) is 6.53. The van der Waals surface area contributed by atoms with Crippen molar-refractivity contribution < 1.29 is 0 Å². The monoisotopic (exact) mass is 271 g/mol. The normalized spacial score (nSPS) is 28.6. The Morgan fingerprint density at radius 1 is 1.25 bits per heavy atom. The maximum Gasteiger partial charge on any atom is 0.124 e. The van der Waals surface area contributed by atoms with E-state index in [1.54, 1.807) is 0 Å². The molecule has 20 heavy (non-hydrogen) atoms. The zero-order valence-corrected chi connectivity index (χ0v) is 12.7. The number of nitrogens with one attached hydrogen (secondary N) is 2. The third-order valence-corrected chi connectivity index (χ3v) is 4.71. The van der Waals surface area contributed by atoms with Crippen molar-refractivity contribution in [1.82, 2.24) is 15.3 Å². The Morgan fingerprint density at radius 3 is 2.80 bits per heavy atom. The number of rotatable bonds is 3. The SMILES string of the molecule is CC1CCC(NC(C)c2nc3ccccc3[nH]2)C(C)C1. The predicted molar refractivity (Wildman–Crippen MR) is 83.6 cm³/mol. The molecule has 1 aliphatic rings. The van der Waals surface area contributed by atoms with Crippen LogP contribution in [0, 0.1) is 11.8 Å². The van der Waals surface area contributed by atoms with Gasteiger partial charge in [0.05, 0.1) is 17.1 Å². The highest BCUT2D eigenvalue weighted by atomic mass is 15.0. The molecule has 0 spiro atoms. The van der Waals surface area contributed by atoms with Gasteiger partial charge in [0.1, 0.15) is 5.82 Å². The molecule has 1 heterocycles. The Kier molecular flexibility index (Phi) is 3.79. The minimum atomic E-state index is 0.281. The highest BCUT2D eigenvalue weighted by Gasteiger charge is 2.27. The zero-order chi connectivity index (χ0) is 14.1. The van der Waals surface area contributed by atoms with Crippen molar-refractivity contribution in [2.45, 2.75) is 52.1 Å². The number of aromatic amines is 1. The molecule has 0 saturated heterocycles. The molecule has 3 nitrogen and oxygen atoms in total. The fraction of sp³-hybridized carbons (Fsp3) is 0.588. The smallest absolute Gasteiger partial charge is 0.124 e. The van der Waals surface area contributed by atoms with Gasteiger partial charge < -0.3 is 10.3 Å². The second kappa shape index (κ2) is 5.57. The molecule has 0 aliphatic heterocycles. The first-order valence-electron chi connectivity index (χ1n) is 7.84. The van der Waals surface area contributed by atoms with Gasteiger partial charge in [-0.05, 0) is 50.2 Å². The number of hydrogen-bond acceptors (Lipinski definition) is 2. The summed E-state index contributed by atoms with van der Waals surface area (Å²) in [6.07, 6.45) is 3.96. The van der Waals surface area contributed by atoms with E-state index >= 15 is 0 Å². The molecule has 3 heteroatoms. The van der Waals surface area contributed by atoms with Crippen LogP contribution in [0.15, 0.2) is 24.3 Å². The lowest BCUT2D eigenvalue weighted by atomic mass is 9.79. The Hall–Kier alpha value is -1.35. The van der Waals surface area contributed by atoms with Gasteiger partial charge in [-0.15, -0.1) is 0 Å². The van der Waals surface area contributed by atoms with Gasteiger partial charge in [-0.25, -0.2) is 4.98 Å². The summed E-state index contributed by atoms with van der Waals surface area (Å²) in [7, 11) is 0. The summed E-state index contributed by atoms with van der Waals surface area (Å²) >= 11 is 0. The molecule has 4 atom stereocenters. The fourth-order valence-corrected chi connectivity index (χ4v) is 3.49. The van der Waals surface area contributed by atoms with Crippen LogP contribution < -0.4 is 5.32 Å². The zero-order valence-electron chi connectivity index (χ0n) is 12.7. The average molecular weight is 271 g/mol. The topological polar surface area (TPSA) is 40.7 Å². The summed E-state index contributed by atoms with van der Waals surface area (Å²) in [6.45, 7) is 6.95. The standard InChI is InChI=1S/C17H25N3/c1-11-8-9-14(12(2)10-11)18-13(3)17-19-15-6-4-5-7-16(15)20-17/h4-7,11-14,18H,8-10H2,1-3H3,(H,19,20). The molecule has 0 bridgehead atoms. The van der Waals surface area contributed by atoms with Crippen LogP contribution in [0.4, 0.5) is 0 Å². The molecule has 1 aromatic heterocycles. The number of benzene rings is 1. The van der Waals surface area contributed by atoms with Gasteiger partial charge in [0.15, 0.2) is 0 Å². The molecule has 4 unspecified atom stereocenters. The number of hydrogen-bond donors (Lipinski definition) is 2. The molecule has 2 aromatic rings. The molecule has 0 amide bonds. The van der Waals surface area contributed by atoms with Crippen LogP contribution in [0.2, 0.25) is 0 Å². The quantitative estimate of drug-likeness (QED) is 0.884. The lowest BCUT2D eigenvalue weighted by Gasteiger charge is -2.34. The van der Waals surface area contributed by atoms with E-state index in [0.717, 1.165) is 28.7 Å². The van der Waals surface area contributed by atoms with Crippen LogP contribution in [-0.4, -0.2) is 16.0 Å². The lowest BCUT2D eigenvalue weighted by Crippen LogP contribution is -2.40. The van der Waals surface area contributed by atoms with E-state index in [2.05, 4.69) is 43.2 Å². The first-order chi connectivity index (χ1) is 9.63. The Bertz CT molecular complexity index is 541. The molecule has 1 aliphatic carbocycles. The number of aromatic nitrogens is 2. The van der Waals surface area contributed by atoms with E-state index in [1.807, 2.05) is 12.1 Å². The van der Waals surface area contributed by atoms with Gasteiger partial charge in [-0.1, -0.05) is 26.0 Å². The first kappa shape index (κ1) is 13.6. The number of para-hydroxylation sites is 2. The van der Waals surface area contributed by atoms with E-state index in [-0.39, 0.29) is 6.04 Å². The van der Waals surface area contributed by atoms with E-state index in [0.29, 0.717) is 6.04 Å². The Morgan fingerprint density at radius 2 is 2.05 bits per heavy atom. The van der Waals surface area contributed by atoms with Crippen LogP contribution in [0.25, 0.3) is 11.0 Å². The van der Waals surface area contributed by atoms with Gasteiger partial charge in [0, 0.05) is 6.04 Å². The van der Waals surface area contributed by atoms with Crippen LogP contribution in [0.5, 0.6) is 0 Å². The fourth-order valence-electron chi connectivity index (χ4n) is 3.49.